The second-order valence-corrected chi connectivity index (χ2v) is 11.2. The Labute approximate surface area is 201 Å². The van der Waals surface area contributed by atoms with Crippen molar-refractivity contribution in [1.29, 1.82) is 0 Å². The quantitative estimate of drug-likeness (QED) is 0.553. The van der Waals surface area contributed by atoms with Gasteiger partial charge in [-0.25, -0.2) is 9.97 Å². The molecule has 5 aliphatic rings. The Morgan fingerprint density at radius 1 is 1.14 bits per heavy atom. The molecule has 11 heteroatoms. The maximum absolute atomic E-state index is 13.6. The van der Waals surface area contributed by atoms with Crippen molar-refractivity contribution in [2.45, 2.75) is 74.6 Å². The van der Waals surface area contributed by atoms with Crippen LogP contribution < -0.4 is 4.90 Å². The average Bonchev–Trinajstić information content (AvgIpc) is 3.30. The van der Waals surface area contributed by atoms with Gasteiger partial charge in [0, 0.05) is 45.2 Å². The van der Waals surface area contributed by atoms with E-state index in [0.29, 0.717) is 47.7 Å². The number of ether oxygens (including phenoxy) is 1. The minimum Gasteiger partial charge on any atom is -0.373 e. The van der Waals surface area contributed by atoms with Crippen molar-refractivity contribution < 1.29 is 19.3 Å². The Morgan fingerprint density at radius 3 is 2.60 bits per heavy atom. The van der Waals surface area contributed by atoms with Crippen LogP contribution in [0.5, 0.6) is 0 Å². The molecule has 8 rings (SSSR count). The molecule has 3 aromatic heterocycles. The van der Waals surface area contributed by atoms with E-state index in [4.69, 9.17) is 14.7 Å². The van der Waals surface area contributed by atoms with E-state index in [0.717, 1.165) is 12.0 Å². The Bertz CT molecular complexity index is 1290. The van der Waals surface area contributed by atoms with E-state index in [9.17, 15) is 13.2 Å². The first-order valence-corrected chi connectivity index (χ1v) is 12.3. The van der Waals surface area contributed by atoms with Gasteiger partial charge in [0.15, 0.2) is 5.65 Å². The molecule has 0 radical (unpaired) electrons. The molecule has 1 aliphatic heterocycles. The van der Waals surface area contributed by atoms with Crippen LogP contribution in [0, 0.1) is 5.41 Å². The largest absolute Gasteiger partial charge is 0.394 e. The van der Waals surface area contributed by atoms with Gasteiger partial charge in [-0.3, -0.25) is 4.68 Å². The van der Waals surface area contributed by atoms with Crippen molar-refractivity contribution >= 4 is 17.1 Å². The number of imidazole rings is 1. The Morgan fingerprint density at radius 2 is 1.91 bits per heavy atom. The van der Waals surface area contributed by atoms with Crippen LogP contribution in [0.1, 0.15) is 81.5 Å². The molecule has 1 saturated heterocycles. The Hall–Kier alpha value is -2.69. The van der Waals surface area contributed by atoms with Crippen LogP contribution in [0.2, 0.25) is 0 Å². The molecule has 4 saturated carbocycles. The number of anilines is 1. The molecule has 188 valence electrons. The summed E-state index contributed by atoms with van der Waals surface area (Å²) < 4.78 is 48.8. The number of H-pyrrole nitrogens is 1. The lowest BCUT2D eigenvalue weighted by Crippen LogP contribution is -2.70. The molecule has 0 spiro atoms. The molecule has 2 bridgehead atoms. The summed E-state index contributed by atoms with van der Waals surface area (Å²) in [7, 11) is 3.74. The zero-order valence-corrected chi connectivity index (χ0v) is 19.8. The number of aromatic amines is 1. The molecule has 0 amide bonds. The molecule has 1 N–H and O–H groups in total. The topological polar surface area (TPSA) is 84.8 Å². The molecule has 0 aromatic carbocycles. The van der Waals surface area contributed by atoms with Gasteiger partial charge in [0.1, 0.15) is 11.3 Å². The van der Waals surface area contributed by atoms with Crippen LogP contribution in [0.4, 0.5) is 19.1 Å². The molecule has 4 aliphatic carbocycles. The van der Waals surface area contributed by atoms with Crippen molar-refractivity contribution in [3.8, 4) is 0 Å². The van der Waals surface area contributed by atoms with Crippen LogP contribution in [0.15, 0.2) is 12.4 Å². The highest BCUT2D eigenvalue weighted by Gasteiger charge is 2.79. The third-order valence-corrected chi connectivity index (χ3v) is 8.48. The van der Waals surface area contributed by atoms with E-state index in [-0.39, 0.29) is 32.7 Å². The lowest BCUT2D eigenvalue weighted by Gasteiger charge is -2.70. The van der Waals surface area contributed by atoms with Gasteiger partial charge in [-0.2, -0.15) is 23.3 Å². The SMILES string of the molecule is CN(C)c1nc2nc([C@H]3CCO[C@@H](c4cnn(C5CC5)c4)C3)nc(C34CC(C(F)(F)F)(C3)C4)c2[nH]1.[HH]. The normalized spacial score (nSPS) is 32.4. The highest BCUT2D eigenvalue weighted by atomic mass is 19.4. The highest BCUT2D eigenvalue weighted by molar-refractivity contribution is 5.78. The van der Waals surface area contributed by atoms with Crippen molar-refractivity contribution in [3.63, 3.8) is 0 Å². The molecule has 0 unspecified atom stereocenters. The number of nitrogens with zero attached hydrogens (tertiary/aromatic N) is 6. The summed E-state index contributed by atoms with van der Waals surface area (Å²) in [4.78, 5) is 19.5. The van der Waals surface area contributed by atoms with Crippen LogP contribution in [0.3, 0.4) is 0 Å². The van der Waals surface area contributed by atoms with Crippen LogP contribution in [0.25, 0.3) is 11.2 Å². The number of rotatable bonds is 5. The molecule has 5 fully saturated rings. The van der Waals surface area contributed by atoms with Crippen LogP contribution in [-0.4, -0.2) is 56.6 Å². The number of halogens is 3. The van der Waals surface area contributed by atoms with Crippen LogP contribution >= 0.6 is 0 Å². The van der Waals surface area contributed by atoms with E-state index in [1.807, 2.05) is 29.9 Å². The fourth-order valence-corrected chi connectivity index (χ4v) is 6.34. The number of aromatic nitrogens is 6. The fourth-order valence-electron chi connectivity index (χ4n) is 6.34. The second kappa shape index (κ2) is 6.96. The summed E-state index contributed by atoms with van der Waals surface area (Å²) in [6.07, 6.45) is 3.82. The predicted octanol–water partition coefficient (Wildman–Crippen LogP) is 4.82. The van der Waals surface area contributed by atoms with Crippen molar-refractivity contribution in [2.24, 2.45) is 5.41 Å². The number of hydrogen-bond donors (Lipinski definition) is 1. The van der Waals surface area contributed by atoms with E-state index < -0.39 is 17.0 Å². The monoisotopic (exact) mass is 489 g/mol. The number of nitrogens with one attached hydrogen (secondary N) is 1. The summed E-state index contributed by atoms with van der Waals surface area (Å²) in [5.41, 5.74) is 0.877. The fraction of sp³-hybridized carbons (Fsp3) is 0.667. The van der Waals surface area contributed by atoms with Crippen molar-refractivity contribution in [3.05, 3.63) is 29.5 Å². The summed E-state index contributed by atoms with van der Waals surface area (Å²) in [5.74, 6) is 1.34. The number of fused-ring (bicyclic) bond motifs is 1. The van der Waals surface area contributed by atoms with Gasteiger partial charge < -0.3 is 14.6 Å². The first kappa shape index (κ1) is 21.6. The first-order valence-electron chi connectivity index (χ1n) is 12.3. The van der Waals surface area contributed by atoms with Gasteiger partial charge in [-0.1, -0.05) is 0 Å². The van der Waals surface area contributed by atoms with Crippen molar-refractivity contribution in [2.75, 3.05) is 25.6 Å². The molecule has 8 nitrogen and oxygen atoms in total. The molecule has 35 heavy (non-hydrogen) atoms. The molecular weight excluding hydrogens is 459 g/mol. The molecule has 3 aromatic rings. The number of alkyl halides is 3. The molecule has 2 atom stereocenters. The minimum absolute atomic E-state index is 0. The summed E-state index contributed by atoms with van der Waals surface area (Å²) in [5, 5.41) is 4.50. The van der Waals surface area contributed by atoms with Crippen molar-refractivity contribution in [1.82, 2.24) is 29.7 Å². The third kappa shape index (κ3) is 3.16. The molecule has 4 heterocycles. The maximum atomic E-state index is 13.6. The smallest absolute Gasteiger partial charge is 0.373 e. The molecular formula is C24H30F3N7O. The predicted molar refractivity (Wildman–Crippen MR) is 123 cm³/mol. The third-order valence-electron chi connectivity index (χ3n) is 8.48. The lowest BCUT2D eigenvalue weighted by molar-refractivity contribution is -0.337. The minimum atomic E-state index is -4.16. The standard InChI is InChI=1S/C24H28F3N7O.H2/c1-33(2)21-29-17-18(22-10-23(11-22,12-22)24(25,26)27)30-19(31-20(17)32-21)13-5-6-35-16(7-13)14-8-28-34(9-14)15-3-4-15;/h8-9,13,15-16H,3-7,10-12H2,1-2H3,(H,29,30,31,32);1H/t13-,16+,22?,23?;/m0./s1. The van der Waals surface area contributed by atoms with E-state index in [2.05, 4.69) is 21.3 Å². The first-order chi connectivity index (χ1) is 16.7. The summed E-state index contributed by atoms with van der Waals surface area (Å²) in [6, 6.07) is 0.509. The van der Waals surface area contributed by atoms with Gasteiger partial charge in [-0.15, -0.1) is 0 Å². The number of hydrogen-bond acceptors (Lipinski definition) is 6. The van der Waals surface area contributed by atoms with Gasteiger partial charge in [0.25, 0.3) is 0 Å². The zero-order chi connectivity index (χ0) is 24.2. The zero-order valence-electron chi connectivity index (χ0n) is 19.8. The van der Waals surface area contributed by atoms with Crippen LogP contribution in [-0.2, 0) is 10.2 Å². The van der Waals surface area contributed by atoms with Gasteiger partial charge in [0.05, 0.1) is 29.5 Å². The van der Waals surface area contributed by atoms with E-state index in [1.165, 1.54) is 12.8 Å². The highest BCUT2D eigenvalue weighted by Crippen LogP contribution is 2.78. The Kier molecular flexibility index (Phi) is 4.29. The summed E-state index contributed by atoms with van der Waals surface area (Å²) in [6.45, 7) is 0.576. The van der Waals surface area contributed by atoms with Gasteiger partial charge in [0.2, 0.25) is 5.95 Å². The second-order valence-electron chi connectivity index (χ2n) is 11.2. The maximum Gasteiger partial charge on any atom is 0.394 e. The Balaban J connectivity index is 0.00000240. The van der Waals surface area contributed by atoms with Gasteiger partial charge in [-0.05, 0) is 44.9 Å². The van der Waals surface area contributed by atoms with E-state index in [1.54, 1.807) is 0 Å². The summed E-state index contributed by atoms with van der Waals surface area (Å²) >= 11 is 0. The van der Waals surface area contributed by atoms with E-state index >= 15 is 0 Å². The lowest BCUT2D eigenvalue weighted by atomic mass is 9.34. The van der Waals surface area contributed by atoms with Gasteiger partial charge >= 0.3 is 6.18 Å². The average molecular weight is 490 g/mol.